The van der Waals surface area contributed by atoms with E-state index in [0.29, 0.717) is 11.3 Å². The molecule has 1 aliphatic carbocycles. The van der Waals surface area contributed by atoms with Gasteiger partial charge in [0.2, 0.25) is 0 Å². The zero-order valence-electron chi connectivity index (χ0n) is 15.3. The van der Waals surface area contributed by atoms with Crippen LogP contribution in [-0.2, 0) is 12.8 Å². The lowest BCUT2D eigenvalue weighted by Crippen LogP contribution is -2.11. The third kappa shape index (κ3) is 2.93. The molecule has 1 N–H and O–H groups in total. The van der Waals surface area contributed by atoms with Crippen LogP contribution < -0.4 is 5.32 Å². The van der Waals surface area contributed by atoms with Gasteiger partial charge in [0.1, 0.15) is 0 Å². The van der Waals surface area contributed by atoms with Gasteiger partial charge in [0.05, 0.1) is 22.4 Å². The fourth-order valence-corrected chi connectivity index (χ4v) is 3.86. The molecule has 0 spiro atoms. The minimum Gasteiger partial charge on any atom is -0.321 e. The molecule has 1 amide bonds. The van der Waals surface area contributed by atoms with E-state index < -0.39 is 4.92 Å². The van der Waals surface area contributed by atoms with Crippen molar-refractivity contribution in [1.29, 1.82) is 0 Å². The summed E-state index contributed by atoms with van der Waals surface area (Å²) in [6.45, 7) is 0. The first kappa shape index (κ1) is 17.1. The van der Waals surface area contributed by atoms with Crippen LogP contribution in [0.4, 0.5) is 11.4 Å². The average molecular weight is 384 g/mol. The normalized spacial score (nSPS) is 12.3. The van der Waals surface area contributed by atoms with Gasteiger partial charge < -0.3 is 5.32 Å². The van der Waals surface area contributed by atoms with Gasteiger partial charge in [0.25, 0.3) is 11.6 Å². The first-order valence-electron chi connectivity index (χ1n) is 9.24. The van der Waals surface area contributed by atoms with Gasteiger partial charge in [-0.3, -0.25) is 14.9 Å². The topological polar surface area (TPSA) is 90.1 Å². The standard InChI is InChI=1S/C22H16N4O3/c27-22(16-12-23-25(13-16)17-7-9-18(10-8-17)26(28)29)24-20-11-6-15-5-4-14-2-1-3-19(20)21(14)15/h1-3,6-13H,4-5H2,(H,24,27). The van der Waals surface area contributed by atoms with Crippen molar-refractivity contribution < 1.29 is 9.72 Å². The second-order valence-corrected chi connectivity index (χ2v) is 7.01. The van der Waals surface area contributed by atoms with Crippen molar-refractivity contribution in [1.82, 2.24) is 9.78 Å². The maximum absolute atomic E-state index is 12.8. The van der Waals surface area contributed by atoms with Crippen molar-refractivity contribution in [2.75, 3.05) is 5.32 Å². The van der Waals surface area contributed by atoms with E-state index in [9.17, 15) is 14.9 Å². The van der Waals surface area contributed by atoms with Crippen LogP contribution in [0.5, 0.6) is 0 Å². The Morgan fingerprint density at radius 1 is 1.03 bits per heavy atom. The molecule has 7 heteroatoms. The lowest BCUT2D eigenvalue weighted by atomic mass is 10.0. The summed E-state index contributed by atoms with van der Waals surface area (Å²) >= 11 is 0. The summed E-state index contributed by atoms with van der Waals surface area (Å²) < 4.78 is 1.52. The van der Waals surface area contributed by atoms with Crippen molar-refractivity contribution in [3.05, 3.63) is 93.8 Å². The van der Waals surface area contributed by atoms with Gasteiger partial charge in [-0.15, -0.1) is 0 Å². The number of benzene rings is 3. The molecule has 0 aliphatic heterocycles. The molecule has 142 valence electrons. The van der Waals surface area contributed by atoms with Crippen molar-refractivity contribution in [3.63, 3.8) is 0 Å². The number of nitro groups is 1. The molecular formula is C22H16N4O3. The summed E-state index contributed by atoms with van der Waals surface area (Å²) in [7, 11) is 0. The summed E-state index contributed by atoms with van der Waals surface area (Å²) in [5.74, 6) is -0.253. The van der Waals surface area contributed by atoms with Crippen LogP contribution in [0.25, 0.3) is 16.5 Å². The number of aromatic nitrogens is 2. The number of anilines is 1. The van der Waals surface area contributed by atoms with Crippen LogP contribution >= 0.6 is 0 Å². The highest BCUT2D eigenvalue weighted by atomic mass is 16.6. The Hall–Kier alpha value is -4.00. The Morgan fingerprint density at radius 3 is 2.55 bits per heavy atom. The first-order chi connectivity index (χ1) is 14.1. The van der Waals surface area contributed by atoms with E-state index in [4.69, 9.17) is 0 Å². The third-order valence-corrected chi connectivity index (χ3v) is 5.29. The average Bonchev–Trinajstić information content (AvgIpc) is 3.39. The molecule has 29 heavy (non-hydrogen) atoms. The second kappa shape index (κ2) is 6.56. The Balaban J connectivity index is 1.41. The predicted octanol–water partition coefficient (Wildman–Crippen LogP) is 4.28. The Morgan fingerprint density at radius 2 is 1.79 bits per heavy atom. The van der Waals surface area contributed by atoms with Crippen molar-refractivity contribution in [3.8, 4) is 5.69 Å². The predicted molar refractivity (Wildman–Crippen MR) is 110 cm³/mol. The zero-order chi connectivity index (χ0) is 20.0. The van der Waals surface area contributed by atoms with Crippen molar-refractivity contribution >= 4 is 28.1 Å². The molecule has 7 nitrogen and oxygen atoms in total. The SMILES string of the molecule is O=C(Nc1ccc2c3c(cccc13)CC2)c1cnn(-c2ccc([N+](=O)[O-])cc2)c1. The van der Waals surface area contributed by atoms with Gasteiger partial charge in [0, 0.05) is 29.4 Å². The number of nitrogens with one attached hydrogen (secondary N) is 1. The van der Waals surface area contributed by atoms with Crippen molar-refractivity contribution in [2.45, 2.75) is 12.8 Å². The molecule has 0 saturated carbocycles. The van der Waals surface area contributed by atoms with Crippen LogP contribution in [0.1, 0.15) is 21.5 Å². The summed E-state index contributed by atoms with van der Waals surface area (Å²) in [6, 6.07) is 16.2. The molecule has 3 aromatic carbocycles. The number of amides is 1. The number of hydrogen-bond acceptors (Lipinski definition) is 4. The molecule has 0 saturated heterocycles. The minimum absolute atomic E-state index is 0.00549. The summed E-state index contributed by atoms with van der Waals surface area (Å²) in [6.07, 6.45) is 5.16. The van der Waals surface area contributed by atoms with Gasteiger partial charge in [-0.25, -0.2) is 4.68 Å². The number of rotatable bonds is 4. The van der Waals surface area contributed by atoms with Crippen LogP contribution in [0.2, 0.25) is 0 Å². The van der Waals surface area contributed by atoms with Crippen LogP contribution in [-0.4, -0.2) is 20.6 Å². The van der Waals surface area contributed by atoms with Crippen LogP contribution in [0.3, 0.4) is 0 Å². The third-order valence-electron chi connectivity index (χ3n) is 5.29. The van der Waals surface area contributed by atoms with Gasteiger partial charge in [0.15, 0.2) is 0 Å². The summed E-state index contributed by atoms with van der Waals surface area (Å²) in [5, 5.41) is 20.3. The van der Waals surface area contributed by atoms with E-state index in [-0.39, 0.29) is 11.6 Å². The largest absolute Gasteiger partial charge is 0.321 e. The van der Waals surface area contributed by atoms with E-state index in [1.54, 1.807) is 18.3 Å². The van der Waals surface area contributed by atoms with Crippen LogP contribution in [0.15, 0.2) is 67.0 Å². The molecular weight excluding hydrogens is 368 g/mol. The number of nitro benzene ring substituents is 1. The molecule has 5 rings (SSSR count). The first-order valence-corrected chi connectivity index (χ1v) is 9.24. The van der Waals surface area contributed by atoms with E-state index in [0.717, 1.165) is 23.9 Å². The zero-order valence-corrected chi connectivity index (χ0v) is 15.3. The van der Waals surface area contributed by atoms with Gasteiger partial charge >= 0.3 is 0 Å². The number of hydrogen-bond donors (Lipinski definition) is 1. The highest BCUT2D eigenvalue weighted by molar-refractivity contribution is 6.10. The highest BCUT2D eigenvalue weighted by Crippen LogP contribution is 2.35. The Kier molecular flexibility index (Phi) is 3.87. The van der Waals surface area contributed by atoms with E-state index in [2.05, 4.69) is 22.5 Å². The molecule has 1 heterocycles. The lowest BCUT2D eigenvalue weighted by Gasteiger charge is -2.10. The molecule has 0 atom stereocenters. The quantitative estimate of drug-likeness (QED) is 0.420. The monoisotopic (exact) mass is 384 g/mol. The highest BCUT2D eigenvalue weighted by Gasteiger charge is 2.17. The van der Waals surface area contributed by atoms with Crippen molar-refractivity contribution in [2.24, 2.45) is 0 Å². The van der Waals surface area contributed by atoms with E-state index >= 15 is 0 Å². The van der Waals surface area contributed by atoms with Gasteiger partial charge in [-0.05, 0) is 47.6 Å². The molecule has 4 aromatic rings. The molecule has 1 aromatic heterocycles. The fraction of sp³-hybridized carbons (Fsp3) is 0.0909. The maximum Gasteiger partial charge on any atom is 0.269 e. The number of aryl methyl sites for hydroxylation is 2. The fourth-order valence-electron chi connectivity index (χ4n) is 3.86. The van der Waals surface area contributed by atoms with Gasteiger partial charge in [-0.2, -0.15) is 5.10 Å². The van der Waals surface area contributed by atoms with Gasteiger partial charge in [-0.1, -0.05) is 24.3 Å². The number of carbonyl (C=O) groups is 1. The number of non-ortho nitro benzene ring substituents is 1. The minimum atomic E-state index is -0.455. The smallest absolute Gasteiger partial charge is 0.269 e. The molecule has 0 bridgehead atoms. The van der Waals surface area contributed by atoms with E-state index in [1.807, 2.05) is 18.2 Å². The van der Waals surface area contributed by atoms with Crippen LogP contribution in [0, 0.1) is 10.1 Å². The molecule has 1 aliphatic rings. The Labute approximate surface area is 165 Å². The lowest BCUT2D eigenvalue weighted by molar-refractivity contribution is -0.384. The molecule has 0 unspecified atom stereocenters. The number of carbonyl (C=O) groups excluding carboxylic acids is 1. The summed E-state index contributed by atoms with van der Waals surface area (Å²) in [4.78, 5) is 23.1. The number of nitrogens with zero attached hydrogens (tertiary/aromatic N) is 3. The second-order valence-electron chi connectivity index (χ2n) is 7.01. The maximum atomic E-state index is 12.8. The molecule has 0 radical (unpaired) electrons. The van der Waals surface area contributed by atoms with E-state index in [1.165, 1.54) is 39.5 Å². The Bertz CT molecular complexity index is 1260. The summed E-state index contributed by atoms with van der Waals surface area (Å²) in [5.41, 5.74) is 4.47. The molecule has 0 fully saturated rings.